The molecule has 0 aliphatic carbocycles. The highest BCUT2D eigenvalue weighted by atomic mass is 16.6. The molecule has 3 aromatic heterocycles. The van der Waals surface area contributed by atoms with Crippen LogP contribution >= 0.6 is 0 Å². The van der Waals surface area contributed by atoms with Crippen molar-refractivity contribution in [2.24, 2.45) is 7.05 Å². The Morgan fingerprint density at radius 1 is 0.971 bits per heavy atom. The lowest BCUT2D eigenvalue weighted by Gasteiger charge is -2.29. The van der Waals surface area contributed by atoms with E-state index in [2.05, 4.69) is 11.2 Å². The fourth-order valence-electron chi connectivity index (χ4n) is 4.34. The molecular formula is C27H29N5O3. The van der Waals surface area contributed by atoms with E-state index in [4.69, 9.17) is 19.4 Å². The molecule has 1 aromatic carbocycles. The SMILES string of the molecule is COc1c(-c2ccc3nc(C4=CCN(C(=O)OC(C)(C)C)CC4)ccc3n2)ccc2nn(C)cc12. The van der Waals surface area contributed by atoms with E-state index in [0.717, 1.165) is 56.6 Å². The third-order valence-corrected chi connectivity index (χ3v) is 5.97. The molecule has 5 rings (SSSR count). The second kappa shape index (κ2) is 8.69. The number of carbonyl (C=O) groups excluding carboxylic acids is 1. The molecule has 0 spiro atoms. The molecule has 4 heterocycles. The summed E-state index contributed by atoms with van der Waals surface area (Å²) in [4.78, 5) is 23.8. The van der Waals surface area contributed by atoms with Gasteiger partial charge < -0.3 is 14.4 Å². The number of carbonyl (C=O) groups is 1. The van der Waals surface area contributed by atoms with Crippen LogP contribution in [-0.2, 0) is 11.8 Å². The number of amides is 1. The first-order valence-electron chi connectivity index (χ1n) is 11.7. The van der Waals surface area contributed by atoms with Crippen molar-refractivity contribution in [2.45, 2.75) is 32.8 Å². The predicted octanol–water partition coefficient (Wildman–Crippen LogP) is 5.22. The molecule has 0 unspecified atom stereocenters. The van der Waals surface area contributed by atoms with Gasteiger partial charge in [-0.15, -0.1) is 0 Å². The molecule has 0 radical (unpaired) electrons. The minimum absolute atomic E-state index is 0.282. The van der Waals surface area contributed by atoms with Crippen LogP contribution in [0.1, 0.15) is 32.9 Å². The average Bonchev–Trinajstić information content (AvgIpc) is 3.22. The second-order valence-electron chi connectivity index (χ2n) is 9.72. The van der Waals surface area contributed by atoms with Gasteiger partial charge in [0.1, 0.15) is 11.4 Å². The Bertz CT molecular complexity index is 1470. The van der Waals surface area contributed by atoms with Crippen molar-refractivity contribution in [3.8, 4) is 17.0 Å². The summed E-state index contributed by atoms with van der Waals surface area (Å²) in [5.41, 5.74) is 5.78. The second-order valence-corrected chi connectivity index (χ2v) is 9.72. The van der Waals surface area contributed by atoms with Crippen LogP contribution in [0.15, 0.2) is 48.7 Å². The Hall–Kier alpha value is -3.94. The van der Waals surface area contributed by atoms with E-state index in [1.54, 1.807) is 16.7 Å². The van der Waals surface area contributed by atoms with Gasteiger partial charge >= 0.3 is 6.09 Å². The summed E-state index contributed by atoms with van der Waals surface area (Å²) < 4.78 is 13.0. The minimum atomic E-state index is -0.499. The smallest absolute Gasteiger partial charge is 0.410 e. The van der Waals surface area contributed by atoms with Crippen molar-refractivity contribution in [3.63, 3.8) is 0 Å². The van der Waals surface area contributed by atoms with Crippen molar-refractivity contribution >= 4 is 33.6 Å². The highest BCUT2D eigenvalue weighted by Crippen LogP contribution is 2.36. The van der Waals surface area contributed by atoms with Crippen molar-refractivity contribution in [3.05, 3.63) is 54.4 Å². The van der Waals surface area contributed by atoms with Crippen LogP contribution in [0, 0.1) is 0 Å². The number of nitrogens with zero attached hydrogens (tertiary/aromatic N) is 5. The Morgan fingerprint density at radius 2 is 1.66 bits per heavy atom. The molecule has 35 heavy (non-hydrogen) atoms. The Labute approximate surface area is 204 Å². The van der Waals surface area contributed by atoms with Crippen LogP contribution in [0.2, 0.25) is 0 Å². The zero-order valence-corrected chi connectivity index (χ0v) is 20.7. The van der Waals surface area contributed by atoms with Crippen molar-refractivity contribution < 1.29 is 14.3 Å². The number of aromatic nitrogens is 4. The summed E-state index contributed by atoms with van der Waals surface area (Å²) in [6.45, 7) is 6.75. The number of hydrogen-bond acceptors (Lipinski definition) is 6. The monoisotopic (exact) mass is 471 g/mol. The van der Waals surface area contributed by atoms with Gasteiger partial charge in [-0.05, 0) is 69.2 Å². The van der Waals surface area contributed by atoms with Crippen LogP contribution in [0.4, 0.5) is 4.79 Å². The zero-order valence-electron chi connectivity index (χ0n) is 20.7. The molecule has 1 aliphatic rings. The molecule has 1 amide bonds. The van der Waals surface area contributed by atoms with Gasteiger partial charge in [0.2, 0.25) is 0 Å². The van der Waals surface area contributed by atoms with Gasteiger partial charge in [0, 0.05) is 31.9 Å². The number of ether oxygens (including phenoxy) is 2. The van der Waals surface area contributed by atoms with E-state index in [0.29, 0.717) is 13.1 Å². The van der Waals surface area contributed by atoms with Gasteiger partial charge in [0.25, 0.3) is 0 Å². The lowest BCUT2D eigenvalue weighted by Crippen LogP contribution is -2.39. The van der Waals surface area contributed by atoms with E-state index in [1.807, 2.05) is 70.4 Å². The number of aryl methyl sites for hydroxylation is 1. The molecule has 180 valence electrons. The zero-order chi connectivity index (χ0) is 24.7. The number of benzene rings is 1. The summed E-state index contributed by atoms with van der Waals surface area (Å²) in [5, 5.41) is 5.41. The fourth-order valence-corrected chi connectivity index (χ4v) is 4.34. The van der Waals surface area contributed by atoms with Gasteiger partial charge in [0.05, 0.1) is 40.4 Å². The third kappa shape index (κ3) is 4.56. The molecule has 0 fully saturated rings. The summed E-state index contributed by atoms with van der Waals surface area (Å²) in [7, 11) is 3.56. The van der Waals surface area contributed by atoms with Crippen molar-refractivity contribution in [1.29, 1.82) is 0 Å². The van der Waals surface area contributed by atoms with E-state index < -0.39 is 5.60 Å². The van der Waals surface area contributed by atoms with Crippen LogP contribution in [0.25, 0.3) is 38.8 Å². The largest absolute Gasteiger partial charge is 0.495 e. The van der Waals surface area contributed by atoms with Crippen molar-refractivity contribution in [1.82, 2.24) is 24.6 Å². The van der Waals surface area contributed by atoms with Gasteiger partial charge in [-0.3, -0.25) is 4.68 Å². The highest BCUT2D eigenvalue weighted by Gasteiger charge is 2.24. The number of hydrogen-bond donors (Lipinski definition) is 0. The van der Waals surface area contributed by atoms with Crippen LogP contribution in [0.3, 0.4) is 0 Å². The van der Waals surface area contributed by atoms with Crippen LogP contribution < -0.4 is 4.74 Å². The lowest BCUT2D eigenvalue weighted by molar-refractivity contribution is 0.0270. The molecule has 0 N–H and O–H groups in total. The number of methoxy groups -OCH3 is 1. The number of fused-ring (bicyclic) bond motifs is 2. The molecule has 0 saturated heterocycles. The number of rotatable bonds is 3. The maximum atomic E-state index is 12.3. The number of pyridine rings is 2. The molecule has 0 bridgehead atoms. The summed E-state index contributed by atoms with van der Waals surface area (Å²) in [6.07, 6.45) is 4.45. The minimum Gasteiger partial charge on any atom is -0.495 e. The topological polar surface area (TPSA) is 82.4 Å². The quantitative estimate of drug-likeness (QED) is 0.408. The first-order valence-corrected chi connectivity index (χ1v) is 11.7. The molecule has 1 aliphatic heterocycles. The summed E-state index contributed by atoms with van der Waals surface area (Å²) in [6, 6.07) is 11.9. The lowest BCUT2D eigenvalue weighted by atomic mass is 10.0. The summed E-state index contributed by atoms with van der Waals surface area (Å²) in [5.74, 6) is 0.758. The first kappa shape index (κ1) is 22.8. The third-order valence-electron chi connectivity index (χ3n) is 5.97. The fraction of sp³-hybridized carbons (Fsp3) is 0.333. The molecule has 0 saturated carbocycles. The maximum absolute atomic E-state index is 12.3. The Morgan fingerprint density at radius 3 is 2.31 bits per heavy atom. The van der Waals surface area contributed by atoms with Gasteiger partial charge in [-0.25, -0.2) is 14.8 Å². The van der Waals surface area contributed by atoms with Crippen LogP contribution in [-0.4, -0.2) is 56.5 Å². The first-order chi connectivity index (χ1) is 16.7. The van der Waals surface area contributed by atoms with E-state index >= 15 is 0 Å². The van der Waals surface area contributed by atoms with Crippen LogP contribution in [0.5, 0.6) is 5.75 Å². The van der Waals surface area contributed by atoms with Gasteiger partial charge in [-0.2, -0.15) is 5.10 Å². The molecule has 8 heteroatoms. The average molecular weight is 472 g/mol. The van der Waals surface area contributed by atoms with E-state index in [9.17, 15) is 4.79 Å². The molecule has 8 nitrogen and oxygen atoms in total. The summed E-state index contributed by atoms with van der Waals surface area (Å²) >= 11 is 0. The predicted molar refractivity (Wildman–Crippen MR) is 136 cm³/mol. The van der Waals surface area contributed by atoms with Gasteiger partial charge in [-0.1, -0.05) is 6.08 Å². The maximum Gasteiger partial charge on any atom is 0.410 e. The Balaban J connectivity index is 1.41. The molecule has 4 aromatic rings. The standard InChI is InChI=1S/C27H29N5O3/c1-27(2,3)35-26(33)32-14-12-17(13-15-32)20-8-10-24-23(28-20)11-9-21(29-24)18-6-7-22-19(25(18)34-5)16-31(4)30-22/h6-12,16H,13-15H2,1-5H3. The molecule has 0 atom stereocenters. The van der Waals surface area contributed by atoms with E-state index in [1.165, 1.54) is 0 Å². The van der Waals surface area contributed by atoms with Crippen molar-refractivity contribution in [2.75, 3.05) is 20.2 Å². The Kier molecular flexibility index (Phi) is 5.67. The normalized spacial score (nSPS) is 14.3. The van der Waals surface area contributed by atoms with Gasteiger partial charge in [0.15, 0.2) is 0 Å². The highest BCUT2D eigenvalue weighted by molar-refractivity contribution is 5.93. The molecular weight excluding hydrogens is 442 g/mol. The van der Waals surface area contributed by atoms with E-state index in [-0.39, 0.29) is 6.09 Å².